The molecule has 1 aliphatic heterocycles. The topological polar surface area (TPSA) is 233 Å². The Hall–Kier alpha value is -1.51. The molecule has 0 aliphatic carbocycles. The number of nitrogens with two attached hydrogens (primary N) is 1. The molecule has 4 atom stereocenters. The average molecular weight is 427 g/mol. The summed E-state index contributed by atoms with van der Waals surface area (Å²) in [5.74, 6) is 0.0515. The number of imidazole rings is 1. The zero-order chi connectivity index (χ0) is 20.0. The van der Waals surface area contributed by atoms with Crippen LogP contribution >= 0.6 is 15.6 Å². The molecule has 150 valence electrons. The van der Waals surface area contributed by atoms with Gasteiger partial charge in [-0.25, -0.2) is 24.1 Å². The lowest BCUT2D eigenvalue weighted by Crippen LogP contribution is -2.35. The summed E-state index contributed by atoms with van der Waals surface area (Å²) in [7, 11) is -9.98. The number of nitrogen functional groups attached to an aromatic ring is 1. The molecule has 0 bridgehead atoms. The zero-order valence-corrected chi connectivity index (χ0v) is 15.0. The molecule has 0 saturated carbocycles. The van der Waals surface area contributed by atoms with E-state index >= 15 is 0 Å². The third-order valence-corrected chi connectivity index (χ3v) is 4.64. The van der Waals surface area contributed by atoms with Crippen molar-refractivity contribution < 1.29 is 47.6 Å². The summed E-state index contributed by atoms with van der Waals surface area (Å²) in [6.07, 6.45) is -3.75. The Balaban J connectivity index is 1.93. The highest BCUT2D eigenvalue weighted by atomic mass is 31.2. The van der Waals surface area contributed by atoms with Gasteiger partial charge in [-0.05, 0) is 0 Å². The molecule has 2 aromatic heterocycles. The van der Waals surface area contributed by atoms with Crippen molar-refractivity contribution >= 4 is 32.6 Å². The maximum absolute atomic E-state index is 11.2. The lowest BCUT2D eigenvalue weighted by molar-refractivity contribution is -0.0502. The first-order valence-corrected chi connectivity index (χ1v) is 10.2. The summed E-state index contributed by atoms with van der Waals surface area (Å²) in [4.78, 5) is 47.4. The van der Waals surface area contributed by atoms with Gasteiger partial charge in [-0.3, -0.25) is 13.6 Å². The Bertz CT molecular complexity index is 926. The Morgan fingerprint density at radius 2 is 1.89 bits per heavy atom. The molecule has 2 aromatic rings. The van der Waals surface area contributed by atoms with Crippen LogP contribution in [0.3, 0.4) is 0 Å². The minimum Gasteiger partial charge on any atom is -0.386 e. The van der Waals surface area contributed by atoms with Gasteiger partial charge < -0.3 is 35.2 Å². The Morgan fingerprint density at radius 3 is 2.52 bits per heavy atom. The maximum Gasteiger partial charge on any atom is 0.470 e. The van der Waals surface area contributed by atoms with Crippen LogP contribution in [0.15, 0.2) is 12.7 Å². The van der Waals surface area contributed by atoms with Crippen LogP contribution in [0.4, 0.5) is 5.82 Å². The Kier molecular flexibility index (Phi) is 5.35. The summed E-state index contributed by atoms with van der Waals surface area (Å²) in [6, 6.07) is 0. The number of hydrogen-bond acceptors (Lipinski definition) is 10. The molecule has 1 aliphatic rings. The number of aliphatic hydroxyl groups excluding tert-OH is 1. The van der Waals surface area contributed by atoms with Gasteiger partial charge in [-0.2, -0.15) is 0 Å². The first-order chi connectivity index (χ1) is 12.5. The molecule has 0 amide bonds. The third-order valence-electron chi connectivity index (χ3n) is 3.64. The van der Waals surface area contributed by atoms with Gasteiger partial charge in [0.2, 0.25) is 0 Å². The second kappa shape index (κ2) is 7.14. The predicted molar refractivity (Wildman–Crippen MR) is 84.6 cm³/mol. The highest BCUT2D eigenvalue weighted by Gasteiger charge is 2.49. The van der Waals surface area contributed by atoms with Crippen molar-refractivity contribution in [1.82, 2.24) is 19.5 Å². The van der Waals surface area contributed by atoms with E-state index in [-0.39, 0.29) is 17.0 Å². The van der Waals surface area contributed by atoms with E-state index in [1.54, 1.807) is 0 Å². The van der Waals surface area contributed by atoms with Crippen LogP contribution < -0.4 is 5.73 Å². The van der Waals surface area contributed by atoms with Gasteiger partial charge in [-0.15, -0.1) is 0 Å². The number of aromatic nitrogens is 4. The lowest BCUT2D eigenvalue weighted by atomic mass is 10.1. The standard InChI is InChI=1S/C10H15N5O10P2/c11-8-5-9(13-2-12-8)15(3-14-5)10-6(16)7(25-27(20,21)22)4(24-10)1-23-26(17,18)19/h2-4,6-7,10,16H,1H2,(H2,11,12,13)(H2,17,18,19)(H2,20,21,22)/t4-,6-,7-,10-/m1/s1. The molecule has 1 fully saturated rings. The molecular weight excluding hydrogens is 412 g/mol. The highest BCUT2D eigenvalue weighted by molar-refractivity contribution is 7.46. The van der Waals surface area contributed by atoms with Crippen LogP contribution in [0.2, 0.25) is 0 Å². The van der Waals surface area contributed by atoms with Crippen molar-refractivity contribution in [3.63, 3.8) is 0 Å². The summed E-state index contributed by atoms with van der Waals surface area (Å²) < 4.78 is 37.6. The van der Waals surface area contributed by atoms with Gasteiger partial charge >= 0.3 is 15.6 Å². The largest absolute Gasteiger partial charge is 0.470 e. The zero-order valence-electron chi connectivity index (χ0n) is 13.2. The van der Waals surface area contributed by atoms with Gasteiger partial charge in [0.25, 0.3) is 0 Å². The van der Waals surface area contributed by atoms with Crippen LogP contribution in [0.25, 0.3) is 11.2 Å². The molecular formula is C10H15N5O10P2. The predicted octanol–water partition coefficient (Wildman–Crippen LogP) is -1.75. The second-order valence-corrected chi connectivity index (χ2v) is 7.92. The van der Waals surface area contributed by atoms with Gasteiger partial charge in [0.1, 0.15) is 30.2 Å². The van der Waals surface area contributed by atoms with E-state index < -0.39 is 46.8 Å². The van der Waals surface area contributed by atoms with Gasteiger partial charge in [0, 0.05) is 0 Å². The number of anilines is 1. The molecule has 27 heavy (non-hydrogen) atoms. The number of ether oxygens (including phenoxy) is 1. The fourth-order valence-corrected chi connectivity index (χ4v) is 3.52. The first kappa shape index (κ1) is 20.2. The third kappa shape index (κ3) is 4.50. The number of rotatable bonds is 6. The number of phosphoric ester groups is 2. The Morgan fingerprint density at radius 1 is 1.19 bits per heavy atom. The van der Waals surface area contributed by atoms with Crippen molar-refractivity contribution in [2.75, 3.05) is 12.3 Å². The molecule has 15 nitrogen and oxygen atoms in total. The van der Waals surface area contributed by atoms with E-state index in [9.17, 15) is 14.2 Å². The van der Waals surface area contributed by atoms with Crippen molar-refractivity contribution in [2.24, 2.45) is 0 Å². The van der Waals surface area contributed by atoms with E-state index in [0.29, 0.717) is 0 Å². The minimum absolute atomic E-state index is 0.0515. The lowest BCUT2D eigenvalue weighted by Gasteiger charge is -2.20. The van der Waals surface area contributed by atoms with E-state index in [1.807, 2.05) is 0 Å². The first-order valence-electron chi connectivity index (χ1n) is 7.17. The summed E-state index contributed by atoms with van der Waals surface area (Å²) in [6.45, 7) is -0.813. The van der Waals surface area contributed by atoms with E-state index in [4.69, 9.17) is 30.0 Å². The van der Waals surface area contributed by atoms with Crippen LogP contribution in [0.5, 0.6) is 0 Å². The van der Waals surface area contributed by atoms with Crippen molar-refractivity contribution in [3.05, 3.63) is 12.7 Å². The number of fused-ring (bicyclic) bond motifs is 1. The van der Waals surface area contributed by atoms with Crippen LogP contribution in [-0.4, -0.2) is 69.1 Å². The SMILES string of the molecule is Nc1ncnc2c1ncn2[C@@H]1O[C@H](COP(=O)(O)O)[C@@H](OP(=O)(O)O)[C@H]1O. The fraction of sp³-hybridized carbons (Fsp3) is 0.500. The number of nitrogens with zero attached hydrogens (tertiary/aromatic N) is 4. The number of phosphoric acid groups is 2. The molecule has 0 spiro atoms. The monoisotopic (exact) mass is 427 g/mol. The Labute approximate surface area is 150 Å². The van der Waals surface area contributed by atoms with Crippen LogP contribution in [0, 0.1) is 0 Å². The fourth-order valence-electron chi connectivity index (χ4n) is 2.60. The second-order valence-electron chi connectivity index (χ2n) is 5.49. The summed E-state index contributed by atoms with van der Waals surface area (Å²) in [5, 5.41) is 10.4. The van der Waals surface area contributed by atoms with Gasteiger partial charge in [0.15, 0.2) is 17.7 Å². The summed E-state index contributed by atoms with van der Waals surface area (Å²) >= 11 is 0. The van der Waals surface area contributed by atoms with E-state index in [0.717, 1.165) is 6.33 Å². The molecule has 0 radical (unpaired) electrons. The highest BCUT2D eigenvalue weighted by Crippen LogP contribution is 2.45. The van der Waals surface area contributed by atoms with E-state index in [1.165, 1.54) is 10.9 Å². The molecule has 1 saturated heterocycles. The minimum atomic E-state index is -5.07. The molecule has 0 aromatic carbocycles. The van der Waals surface area contributed by atoms with Gasteiger partial charge in [-0.1, -0.05) is 0 Å². The maximum atomic E-state index is 11.2. The van der Waals surface area contributed by atoms with Crippen LogP contribution in [-0.2, 0) is 22.9 Å². The van der Waals surface area contributed by atoms with Gasteiger partial charge in [0.05, 0.1) is 12.9 Å². The molecule has 0 unspecified atom stereocenters. The van der Waals surface area contributed by atoms with Crippen molar-refractivity contribution in [3.8, 4) is 0 Å². The number of hydrogen-bond donors (Lipinski definition) is 6. The smallest absolute Gasteiger partial charge is 0.386 e. The quantitative estimate of drug-likeness (QED) is 0.281. The summed E-state index contributed by atoms with van der Waals surface area (Å²) in [5.41, 5.74) is 6.01. The van der Waals surface area contributed by atoms with Crippen LogP contribution in [0.1, 0.15) is 6.23 Å². The number of aliphatic hydroxyl groups is 1. The normalized spacial score (nSPS) is 26.7. The molecule has 17 heteroatoms. The van der Waals surface area contributed by atoms with Crippen molar-refractivity contribution in [2.45, 2.75) is 24.5 Å². The van der Waals surface area contributed by atoms with E-state index in [2.05, 4.69) is 24.0 Å². The molecule has 3 rings (SSSR count). The molecule has 7 N–H and O–H groups in total. The average Bonchev–Trinajstić information content (AvgIpc) is 3.07. The van der Waals surface area contributed by atoms with Crippen molar-refractivity contribution in [1.29, 1.82) is 0 Å². The molecule has 3 heterocycles.